The van der Waals surface area contributed by atoms with Gasteiger partial charge in [0.1, 0.15) is 12.1 Å². The maximum Gasteiger partial charge on any atom is 0.326 e. The van der Waals surface area contributed by atoms with Crippen molar-refractivity contribution in [1.29, 1.82) is 0 Å². The maximum absolute atomic E-state index is 12.1. The lowest BCUT2D eigenvalue weighted by Gasteiger charge is -2.22. The summed E-state index contributed by atoms with van der Waals surface area (Å²) in [5.41, 5.74) is 15.4. The third-order valence-electron chi connectivity index (χ3n) is 3.56. The third-order valence-corrected chi connectivity index (χ3v) is 3.56. The number of rotatable bonds is 9. The number of carboxylic acids is 1. The van der Waals surface area contributed by atoms with Crippen LogP contribution in [0.15, 0.2) is 29.4 Å². The lowest BCUT2D eigenvalue weighted by molar-refractivity contribution is -0.144. The molecule has 0 aliphatic rings. The number of carbonyl (C=O) groups is 2. The van der Waals surface area contributed by atoms with Gasteiger partial charge in [0.25, 0.3) is 5.91 Å². The van der Waals surface area contributed by atoms with Crippen molar-refractivity contribution in [3.63, 3.8) is 0 Å². The van der Waals surface area contributed by atoms with Gasteiger partial charge in [0.15, 0.2) is 0 Å². The summed E-state index contributed by atoms with van der Waals surface area (Å²) in [4.78, 5) is 25.9. The molecule has 25 heavy (non-hydrogen) atoms. The summed E-state index contributed by atoms with van der Waals surface area (Å²) in [7, 11) is 0. The molecule has 136 valence electrons. The Morgan fingerprint density at radius 2 is 1.92 bits per heavy atom. The predicted octanol–water partition coefficient (Wildman–Crippen LogP) is 1.47. The van der Waals surface area contributed by atoms with Gasteiger partial charge in [0, 0.05) is 16.6 Å². The molecule has 0 radical (unpaired) electrons. The molecule has 9 nitrogen and oxygen atoms in total. The molecule has 0 spiro atoms. The van der Waals surface area contributed by atoms with E-state index in [1.807, 2.05) is 13.8 Å². The number of hydrogen-bond acceptors (Lipinski definition) is 5. The molecule has 0 aliphatic heterocycles. The van der Waals surface area contributed by atoms with E-state index in [4.69, 9.17) is 16.4 Å². The van der Waals surface area contributed by atoms with Crippen LogP contribution in [0.1, 0.15) is 25.8 Å². The fraction of sp³-hybridized carbons (Fsp3) is 0.500. The number of nitrogens with one attached hydrogen (secondary N) is 1. The summed E-state index contributed by atoms with van der Waals surface area (Å²) in [6.07, 6.45) is -1.08. The van der Waals surface area contributed by atoms with Crippen molar-refractivity contribution in [2.45, 2.75) is 44.9 Å². The van der Waals surface area contributed by atoms with E-state index >= 15 is 0 Å². The SMILES string of the molecule is CC(C)C[C@H](NC(=O)C(O)C(N)Cc1ccc(N=[N+]=[N-])cc1)C(=O)O. The Kier molecular flexibility index (Phi) is 7.87. The van der Waals surface area contributed by atoms with E-state index in [0.29, 0.717) is 5.69 Å². The molecule has 1 rings (SSSR count). The average molecular weight is 349 g/mol. The summed E-state index contributed by atoms with van der Waals surface area (Å²) >= 11 is 0. The minimum atomic E-state index is -1.54. The van der Waals surface area contributed by atoms with E-state index in [9.17, 15) is 14.7 Å². The molecule has 0 saturated carbocycles. The van der Waals surface area contributed by atoms with Crippen LogP contribution in [0.3, 0.4) is 0 Å². The second kappa shape index (κ2) is 9.63. The highest BCUT2D eigenvalue weighted by molar-refractivity contribution is 5.86. The number of carbonyl (C=O) groups excluding carboxylic acids is 1. The Morgan fingerprint density at radius 3 is 2.40 bits per heavy atom. The standard InChI is InChI=1S/C16H23N5O4/c1-9(2)7-13(16(24)25)19-15(23)14(22)12(17)8-10-3-5-11(6-4-10)20-21-18/h3-6,9,12-14,22H,7-8,17H2,1-2H3,(H,19,23)(H,24,25)/t12?,13-,14?/m0/s1. The van der Waals surface area contributed by atoms with Crippen LogP contribution >= 0.6 is 0 Å². The van der Waals surface area contributed by atoms with Gasteiger partial charge >= 0.3 is 5.97 Å². The quantitative estimate of drug-likeness (QED) is 0.301. The number of hydrogen-bond donors (Lipinski definition) is 4. The molecule has 5 N–H and O–H groups in total. The normalized spacial score (nSPS) is 14.3. The summed E-state index contributed by atoms with van der Waals surface area (Å²) in [6, 6.07) is 4.56. The molecule has 1 aromatic carbocycles. The van der Waals surface area contributed by atoms with Crippen molar-refractivity contribution in [2.24, 2.45) is 16.8 Å². The van der Waals surface area contributed by atoms with Crippen LogP contribution in [-0.4, -0.2) is 40.3 Å². The summed E-state index contributed by atoms with van der Waals surface area (Å²) in [5.74, 6) is -1.90. The summed E-state index contributed by atoms with van der Waals surface area (Å²) in [5, 5.41) is 24.9. The van der Waals surface area contributed by atoms with Crippen LogP contribution in [0.5, 0.6) is 0 Å². The maximum atomic E-state index is 12.1. The Hall–Kier alpha value is -2.61. The number of azide groups is 1. The van der Waals surface area contributed by atoms with Gasteiger partial charge in [0.2, 0.25) is 0 Å². The molecule has 1 aromatic rings. The van der Waals surface area contributed by atoms with E-state index < -0.39 is 30.1 Å². The van der Waals surface area contributed by atoms with E-state index in [2.05, 4.69) is 15.3 Å². The first kappa shape index (κ1) is 20.4. The van der Waals surface area contributed by atoms with E-state index in [1.165, 1.54) is 0 Å². The molecule has 0 heterocycles. The Labute approximate surface area is 145 Å². The zero-order valence-electron chi connectivity index (χ0n) is 14.2. The minimum Gasteiger partial charge on any atom is -0.480 e. The van der Waals surface area contributed by atoms with Crippen molar-refractivity contribution in [3.05, 3.63) is 40.3 Å². The number of aliphatic hydroxyl groups excluding tert-OH is 1. The van der Waals surface area contributed by atoms with Gasteiger partial charge in [-0.25, -0.2) is 4.79 Å². The number of nitrogens with zero attached hydrogens (tertiary/aromatic N) is 3. The lowest BCUT2D eigenvalue weighted by atomic mass is 10.00. The molecular weight excluding hydrogens is 326 g/mol. The number of aliphatic carboxylic acids is 1. The molecule has 1 amide bonds. The second-order valence-electron chi connectivity index (χ2n) is 6.20. The predicted molar refractivity (Wildman–Crippen MR) is 92.0 cm³/mol. The zero-order valence-corrected chi connectivity index (χ0v) is 14.2. The highest BCUT2D eigenvalue weighted by Crippen LogP contribution is 2.15. The number of aliphatic hydroxyl groups is 1. The van der Waals surface area contributed by atoms with Crippen LogP contribution in [0.2, 0.25) is 0 Å². The number of carboxylic acid groups (broad SMARTS) is 1. The van der Waals surface area contributed by atoms with Gasteiger partial charge < -0.3 is 21.3 Å². The van der Waals surface area contributed by atoms with Gasteiger partial charge in [0.05, 0.1) is 0 Å². The van der Waals surface area contributed by atoms with Crippen molar-refractivity contribution >= 4 is 17.6 Å². The van der Waals surface area contributed by atoms with Crippen molar-refractivity contribution in [2.75, 3.05) is 0 Å². The van der Waals surface area contributed by atoms with Gasteiger partial charge in [-0.2, -0.15) is 0 Å². The zero-order chi connectivity index (χ0) is 19.0. The molecule has 0 fully saturated rings. The Balaban J connectivity index is 2.67. The van der Waals surface area contributed by atoms with Gasteiger partial charge in [-0.15, -0.1) is 0 Å². The van der Waals surface area contributed by atoms with E-state index in [-0.39, 0.29) is 18.8 Å². The first-order valence-corrected chi connectivity index (χ1v) is 7.85. The Morgan fingerprint density at radius 1 is 1.32 bits per heavy atom. The fourth-order valence-electron chi connectivity index (χ4n) is 2.28. The highest BCUT2D eigenvalue weighted by Gasteiger charge is 2.28. The van der Waals surface area contributed by atoms with Crippen LogP contribution in [0.25, 0.3) is 10.4 Å². The van der Waals surface area contributed by atoms with E-state index in [0.717, 1.165) is 5.56 Å². The second-order valence-corrected chi connectivity index (χ2v) is 6.20. The average Bonchev–Trinajstić information content (AvgIpc) is 2.54. The van der Waals surface area contributed by atoms with Gasteiger partial charge in [-0.1, -0.05) is 43.2 Å². The number of nitrogens with two attached hydrogens (primary N) is 1. The molecule has 0 saturated heterocycles. The van der Waals surface area contributed by atoms with Crippen LogP contribution in [0, 0.1) is 5.92 Å². The highest BCUT2D eigenvalue weighted by atomic mass is 16.4. The molecule has 3 atom stereocenters. The van der Waals surface area contributed by atoms with Crippen LogP contribution < -0.4 is 11.1 Å². The van der Waals surface area contributed by atoms with Gasteiger partial charge in [-0.3, -0.25) is 4.79 Å². The van der Waals surface area contributed by atoms with Crippen LogP contribution in [-0.2, 0) is 16.0 Å². The molecule has 9 heteroatoms. The third kappa shape index (κ3) is 6.80. The van der Waals surface area contributed by atoms with Crippen LogP contribution in [0.4, 0.5) is 5.69 Å². The Bertz CT molecular complexity index is 640. The number of benzene rings is 1. The monoisotopic (exact) mass is 349 g/mol. The molecular formula is C16H23N5O4. The summed E-state index contributed by atoms with van der Waals surface area (Å²) < 4.78 is 0. The first-order chi connectivity index (χ1) is 11.7. The first-order valence-electron chi connectivity index (χ1n) is 7.85. The minimum absolute atomic E-state index is 0.0711. The molecule has 0 aliphatic carbocycles. The van der Waals surface area contributed by atoms with E-state index in [1.54, 1.807) is 24.3 Å². The molecule has 2 unspecified atom stereocenters. The fourth-order valence-corrected chi connectivity index (χ4v) is 2.28. The molecule has 0 bridgehead atoms. The molecule has 0 aromatic heterocycles. The van der Waals surface area contributed by atoms with Crippen molar-refractivity contribution < 1.29 is 19.8 Å². The van der Waals surface area contributed by atoms with Gasteiger partial charge in [-0.05, 0) is 29.9 Å². The summed E-state index contributed by atoms with van der Waals surface area (Å²) in [6.45, 7) is 3.68. The smallest absolute Gasteiger partial charge is 0.326 e. The topological polar surface area (TPSA) is 161 Å². The number of amides is 1. The van der Waals surface area contributed by atoms with Crippen molar-refractivity contribution in [1.82, 2.24) is 5.32 Å². The van der Waals surface area contributed by atoms with Crippen molar-refractivity contribution in [3.8, 4) is 0 Å². The largest absolute Gasteiger partial charge is 0.480 e. The lowest BCUT2D eigenvalue weighted by Crippen LogP contribution is -2.52.